The summed E-state index contributed by atoms with van der Waals surface area (Å²) in [5.41, 5.74) is 2.37. The van der Waals surface area contributed by atoms with Crippen LogP contribution in [0.4, 0.5) is 0 Å². The first-order chi connectivity index (χ1) is 9.66. The first-order valence-electron chi connectivity index (χ1n) is 7.25. The Morgan fingerprint density at radius 2 is 1.55 bits per heavy atom. The molecule has 1 fully saturated rings. The van der Waals surface area contributed by atoms with Gasteiger partial charge in [-0.25, -0.2) is 0 Å². The highest BCUT2D eigenvalue weighted by Crippen LogP contribution is 2.34. The van der Waals surface area contributed by atoms with Crippen molar-refractivity contribution in [3.05, 3.63) is 35.4 Å². The fourth-order valence-corrected chi connectivity index (χ4v) is 3.45. The Labute approximate surface area is 118 Å². The van der Waals surface area contributed by atoms with Crippen LogP contribution in [0, 0.1) is 11.8 Å². The molecule has 1 N–H and O–H groups in total. The monoisotopic (exact) mass is 273 g/mol. The Morgan fingerprint density at radius 3 is 2.10 bits per heavy atom. The number of benzene rings is 1. The normalized spacial score (nSPS) is 25.3. The van der Waals surface area contributed by atoms with Crippen molar-refractivity contribution < 1.29 is 14.7 Å². The Hall–Kier alpha value is -1.84. The van der Waals surface area contributed by atoms with E-state index in [1.54, 1.807) is 0 Å². The molecule has 0 bridgehead atoms. The number of carboxylic acid groups (broad SMARTS) is 1. The lowest BCUT2D eigenvalue weighted by Gasteiger charge is -2.30. The largest absolute Gasteiger partial charge is 0.481 e. The molecule has 0 radical (unpaired) electrons. The molecule has 1 aliphatic carbocycles. The van der Waals surface area contributed by atoms with E-state index in [1.165, 1.54) is 11.1 Å². The van der Waals surface area contributed by atoms with Gasteiger partial charge in [0.15, 0.2) is 0 Å². The van der Waals surface area contributed by atoms with Gasteiger partial charge in [0.25, 0.3) is 0 Å². The average molecular weight is 273 g/mol. The van der Waals surface area contributed by atoms with Gasteiger partial charge in [-0.15, -0.1) is 0 Å². The molecule has 4 nitrogen and oxygen atoms in total. The highest BCUT2D eigenvalue weighted by molar-refractivity contribution is 5.85. The molecule has 1 aromatic carbocycles. The van der Waals surface area contributed by atoms with E-state index in [1.807, 2.05) is 29.2 Å². The summed E-state index contributed by atoms with van der Waals surface area (Å²) in [6, 6.07) is 8.04. The molecule has 4 heteroatoms. The van der Waals surface area contributed by atoms with Crippen LogP contribution in [0.3, 0.4) is 0 Å². The Bertz CT molecular complexity index is 515. The number of carboxylic acids is 1. The Kier molecular flexibility index (Phi) is 3.47. The van der Waals surface area contributed by atoms with Crippen molar-refractivity contribution in [3.8, 4) is 0 Å². The first-order valence-corrected chi connectivity index (χ1v) is 7.25. The van der Waals surface area contributed by atoms with Crippen LogP contribution in [-0.4, -0.2) is 21.9 Å². The molecule has 0 spiro atoms. The van der Waals surface area contributed by atoms with Crippen molar-refractivity contribution in [2.45, 2.75) is 38.8 Å². The molecule has 3 rings (SSSR count). The van der Waals surface area contributed by atoms with E-state index >= 15 is 0 Å². The first kappa shape index (κ1) is 13.2. The molecule has 1 amide bonds. The molecule has 1 aliphatic heterocycles. The van der Waals surface area contributed by atoms with Crippen LogP contribution in [-0.2, 0) is 22.7 Å². The van der Waals surface area contributed by atoms with Crippen LogP contribution in [0.25, 0.3) is 0 Å². The Morgan fingerprint density at radius 1 is 1.00 bits per heavy atom. The van der Waals surface area contributed by atoms with Crippen LogP contribution in [0.5, 0.6) is 0 Å². The molecule has 20 heavy (non-hydrogen) atoms. The molecule has 1 heterocycles. The van der Waals surface area contributed by atoms with Crippen molar-refractivity contribution in [3.63, 3.8) is 0 Å². The number of amides is 1. The fraction of sp³-hybridized carbons (Fsp3) is 0.500. The van der Waals surface area contributed by atoms with Gasteiger partial charge < -0.3 is 10.0 Å². The summed E-state index contributed by atoms with van der Waals surface area (Å²) in [6.45, 7) is 1.25. The minimum Gasteiger partial charge on any atom is -0.481 e. The van der Waals surface area contributed by atoms with Gasteiger partial charge in [-0.2, -0.15) is 0 Å². The third kappa shape index (κ3) is 2.30. The van der Waals surface area contributed by atoms with Gasteiger partial charge in [0.05, 0.1) is 11.8 Å². The summed E-state index contributed by atoms with van der Waals surface area (Å²) in [6.07, 6.45) is 3.22. The zero-order chi connectivity index (χ0) is 14.1. The van der Waals surface area contributed by atoms with E-state index in [0.29, 0.717) is 25.9 Å². The van der Waals surface area contributed by atoms with Crippen molar-refractivity contribution in [2.24, 2.45) is 11.8 Å². The van der Waals surface area contributed by atoms with Gasteiger partial charge in [-0.05, 0) is 24.0 Å². The summed E-state index contributed by atoms with van der Waals surface area (Å²) in [5, 5.41) is 9.30. The van der Waals surface area contributed by atoms with Crippen LogP contribution >= 0.6 is 0 Å². The molecule has 1 aromatic rings. The lowest BCUT2D eigenvalue weighted by Crippen LogP contribution is -2.40. The Balaban J connectivity index is 1.75. The number of aliphatic carboxylic acids is 1. The predicted molar refractivity (Wildman–Crippen MR) is 73.8 cm³/mol. The molecule has 0 saturated heterocycles. The summed E-state index contributed by atoms with van der Waals surface area (Å²) in [7, 11) is 0. The fourth-order valence-electron chi connectivity index (χ4n) is 3.45. The third-order valence-corrected chi connectivity index (χ3v) is 4.55. The number of hydrogen-bond acceptors (Lipinski definition) is 2. The second kappa shape index (κ2) is 5.27. The smallest absolute Gasteiger partial charge is 0.307 e. The summed E-state index contributed by atoms with van der Waals surface area (Å²) in [5.74, 6) is -1.64. The number of rotatable bonds is 2. The van der Waals surface area contributed by atoms with E-state index in [9.17, 15) is 14.7 Å². The van der Waals surface area contributed by atoms with E-state index in [0.717, 1.165) is 12.8 Å². The third-order valence-electron chi connectivity index (χ3n) is 4.55. The van der Waals surface area contributed by atoms with E-state index in [-0.39, 0.29) is 11.8 Å². The summed E-state index contributed by atoms with van der Waals surface area (Å²) >= 11 is 0. The average Bonchev–Trinajstić information content (AvgIpc) is 2.90. The lowest BCUT2D eigenvalue weighted by molar-refractivity contribution is -0.152. The molecular formula is C16H19NO3. The maximum Gasteiger partial charge on any atom is 0.307 e. The van der Waals surface area contributed by atoms with Gasteiger partial charge >= 0.3 is 5.97 Å². The predicted octanol–water partition coefficient (Wildman–Crippen LogP) is 2.42. The quantitative estimate of drug-likeness (QED) is 0.900. The number of nitrogens with zero attached hydrogens (tertiary/aromatic N) is 1. The molecule has 2 unspecified atom stereocenters. The molecule has 1 saturated carbocycles. The highest BCUT2D eigenvalue weighted by Gasteiger charge is 2.39. The molecule has 0 aromatic heterocycles. The van der Waals surface area contributed by atoms with E-state index in [4.69, 9.17) is 0 Å². The second-order valence-electron chi connectivity index (χ2n) is 5.80. The van der Waals surface area contributed by atoms with Crippen LogP contribution in [0.15, 0.2) is 24.3 Å². The van der Waals surface area contributed by atoms with Crippen LogP contribution in [0.2, 0.25) is 0 Å². The SMILES string of the molecule is O=C(O)C1CCCCC1C(=O)N1Cc2ccccc2C1. The van der Waals surface area contributed by atoms with Gasteiger partial charge in [0, 0.05) is 13.1 Å². The molecule has 106 valence electrons. The molecule has 2 aliphatic rings. The number of fused-ring (bicyclic) bond motifs is 1. The van der Waals surface area contributed by atoms with Crippen molar-refractivity contribution in [1.29, 1.82) is 0 Å². The number of hydrogen-bond donors (Lipinski definition) is 1. The van der Waals surface area contributed by atoms with Crippen LogP contribution in [0.1, 0.15) is 36.8 Å². The van der Waals surface area contributed by atoms with Crippen LogP contribution < -0.4 is 0 Å². The zero-order valence-electron chi connectivity index (χ0n) is 11.4. The number of carbonyl (C=O) groups excluding carboxylic acids is 1. The van der Waals surface area contributed by atoms with Crippen molar-refractivity contribution in [1.82, 2.24) is 4.90 Å². The molecular weight excluding hydrogens is 254 g/mol. The van der Waals surface area contributed by atoms with Gasteiger partial charge in [0.2, 0.25) is 5.91 Å². The van der Waals surface area contributed by atoms with Crippen molar-refractivity contribution >= 4 is 11.9 Å². The number of carbonyl (C=O) groups is 2. The zero-order valence-corrected chi connectivity index (χ0v) is 11.4. The lowest BCUT2D eigenvalue weighted by atomic mass is 9.78. The standard InChI is InChI=1S/C16H19NO3/c18-15(13-7-3-4-8-14(13)16(19)20)17-9-11-5-1-2-6-12(11)10-17/h1-2,5-6,13-14H,3-4,7-10H2,(H,19,20). The van der Waals surface area contributed by atoms with E-state index < -0.39 is 11.9 Å². The minimum absolute atomic E-state index is 0.0216. The second-order valence-corrected chi connectivity index (χ2v) is 5.80. The topological polar surface area (TPSA) is 57.6 Å². The van der Waals surface area contributed by atoms with Gasteiger partial charge in [-0.3, -0.25) is 9.59 Å². The van der Waals surface area contributed by atoms with Gasteiger partial charge in [0.1, 0.15) is 0 Å². The summed E-state index contributed by atoms with van der Waals surface area (Å²) < 4.78 is 0. The van der Waals surface area contributed by atoms with Gasteiger partial charge in [-0.1, -0.05) is 37.1 Å². The summed E-state index contributed by atoms with van der Waals surface area (Å²) in [4.78, 5) is 25.8. The highest BCUT2D eigenvalue weighted by atomic mass is 16.4. The minimum atomic E-state index is -0.820. The maximum atomic E-state index is 12.6. The maximum absolute atomic E-state index is 12.6. The van der Waals surface area contributed by atoms with Crippen molar-refractivity contribution in [2.75, 3.05) is 0 Å². The van der Waals surface area contributed by atoms with E-state index in [2.05, 4.69) is 0 Å². The molecule has 2 atom stereocenters.